The molecular formula is C16H24ClN3O. The summed E-state index contributed by atoms with van der Waals surface area (Å²) in [4.78, 5) is 16.5. The van der Waals surface area contributed by atoms with Crippen LogP contribution in [0.15, 0.2) is 24.3 Å². The zero-order chi connectivity index (χ0) is 15.6. The van der Waals surface area contributed by atoms with Crippen LogP contribution in [0.1, 0.15) is 25.6 Å². The Morgan fingerprint density at radius 3 is 2.48 bits per heavy atom. The molecule has 2 rings (SSSR count). The fourth-order valence-corrected chi connectivity index (χ4v) is 2.94. The van der Waals surface area contributed by atoms with Gasteiger partial charge in [0.2, 0.25) is 5.91 Å². The number of hydrogen-bond acceptors (Lipinski definition) is 3. The van der Waals surface area contributed by atoms with E-state index in [0.29, 0.717) is 17.5 Å². The zero-order valence-electron chi connectivity index (χ0n) is 13.1. The first kappa shape index (κ1) is 16.3. The summed E-state index contributed by atoms with van der Waals surface area (Å²) in [5.41, 5.74) is 1.08. The van der Waals surface area contributed by atoms with Gasteiger partial charge in [0.05, 0.1) is 6.54 Å². The van der Waals surface area contributed by atoms with Gasteiger partial charge >= 0.3 is 0 Å². The van der Waals surface area contributed by atoms with E-state index in [1.54, 1.807) is 0 Å². The van der Waals surface area contributed by atoms with Crippen LogP contribution < -0.4 is 5.32 Å². The van der Waals surface area contributed by atoms with Gasteiger partial charge in [0.25, 0.3) is 0 Å². The molecule has 116 valence electrons. The lowest BCUT2D eigenvalue weighted by Crippen LogP contribution is -2.47. The van der Waals surface area contributed by atoms with E-state index in [0.717, 1.165) is 12.1 Å². The Morgan fingerprint density at radius 2 is 1.95 bits per heavy atom. The molecule has 1 saturated heterocycles. The van der Waals surface area contributed by atoms with Crippen LogP contribution >= 0.6 is 11.6 Å². The van der Waals surface area contributed by atoms with E-state index in [1.807, 2.05) is 43.3 Å². The van der Waals surface area contributed by atoms with Crippen molar-refractivity contribution < 1.29 is 4.79 Å². The quantitative estimate of drug-likeness (QED) is 0.907. The molecule has 1 aromatic rings. The van der Waals surface area contributed by atoms with E-state index in [9.17, 15) is 4.79 Å². The van der Waals surface area contributed by atoms with Crippen molar-refractivity contribution in [2.45, 2.75) is 26.1 Å². The molecule has 21 heavy (non-hydrogen) atoms. The van der Waals surface area contributed by atoms with Gasteiger partial charge in [-0.15, -0.1) is 0 Å². The molecule has 1 N–H and O–H groups in total. The zero-order valence-corrected chi connectivity index (χ0v) is 13.9. The van der Waals surface area contributed by atoms with Gasteiger partial charge in [-0.25, -0.2) is 0 Å². The van der Waals surface area contributed by atoms with Crippen LogP contribution in [-0.2, 0) is 4.79 Å². The third-order valence-electron chi connectivity index (χ3n) is 3.88. The molecule has 0 aliphatic carbocycles. The number of carbonyl (C=O) groups is 1. The van der Waals surface area contributed by atoms with Crippen LogP contribution in [-0.4, -0.2) is 48.9 Å². The second kappa shape index (κ2) is 6.77. The van der Waals surface area contributed by atoms with Crippen LogP contribution in [0.2, 0.25) is 5.02 Å². The Hall–Kier alpha value is -1.10. The Balaban J connectivity index is 2.28. The fourth-order valence-electron chi connectivity index (χ4n) is 2.81. The van der Waals surface area contributed by atoms with Crippen LogP contribution in [0, 0.1) is 5.92 Å². The standard InChI is InChI=1S/C16H24ClN3O/c1-11(2)14(10-19(3)4)20-15(21)9-18-16(20)12-5-7-13(17)8-6-12/h5-8,11,14,16,18H,9-10H2,1-4H3. The van der Waals surface area contributed by atoms with E-state index < -0.39 is 0 Å². The van der Waals surface area contributed by atoms with E-state index in [1.165, 1.54) is 0 Å². The number of rotatable bonds is 5. The predicted molar refractivity (Wildman–Crippen MR) is 86.2 cm³/mol. The molecule has 2 atom stereocenters. The summed E-state index contributed by atoms with van der Waals surface area (Å²) < 4.78 is 0. The molecule has 0 aromatic heterocycles. The summed E-state index contributed by atoms with van der Waals surface area (Å²) in [5, 5.41) is 4.03. The largest absolute Gasteiger partial charge is 0.317 e. The average molecular weight is 310 g/mol. The molecule has 0 spiro atoms. The summed E-state index contributed by atoms with van der Waals surface area (Å²) in [5.74, 6) is 0.557. The molecule has 1 aliphatic heterocycles. The van der Waals surface area contributed by atoms with Crippen molar-refractivity contribution in [3.8, 4) is 0 Å². The number of amides is 1. The smallest absolute Gasteiger partial charge is 0.238 e. The maximum absolute atomic E-state index is 12.4. The minimum atomic E-state index is -0.0675. The number of halogens is 1. The Morgan fingerprint density at radius 1 is 1.33 bits per heavy atom. The lowest BCUT2D eigenvalue weighted by atomic mass is 10.0. The van der Waals surface area contributed by atoms with Gasteiger partial charge in [0.1, 0.15) is 6.17 Å². The van der Waals surface area contributed by atoms with E-state index in [2.05, 4.69) is 24.1 Å². The molecule has 0 saturated carbocycles. The first-order chi connectivity index (χ1) is 9.90. The number of likely N-dealkylation sites (N-methyl/N-ethyl adjacent to an activating group) is 1. The lowest BCUT2D eigenvalue weighted by Gasteiger charge is -2.37. The Labute approximate surface area is 132 Å². The van der Waals surface area contributed by atoms with Crippen LogP contribution in [0.5, 0.6) is 0 Å². The van der Waals surface area contributed by atoms with Gasteiger partial charge in [-0.05, 0) is 37.7 Å². The highest BCUT2D eigenvalue weighted by Crippen LogP contribution is 2.28. The first-order valence-corrected chi connectivity index (χ1v) is 7.72. The number of benzene rings is 1. The molecule has 1 heterocycles. The molecule has 1 aliphatic rings. The van der Waals surface area contributed by atoms with Crippen molar-refractivity contribution in [1.29, 1.82) is 0 Å². The highest BCUT2D eigenvalue weighted by Gasteiger charge is 2.38. The number of carbonyl (C=O) groups excluding carboxylic acids is 1. The van der Waals surface area contributed by atoms with Crippen molar-refractivity contribution in [2.75, 3.05) is 27.2 Å². The van der Waals surface area contributed by atoms with Crippen LogP contribution in [0.25, 0.3) is 0 Å². The minimum Gasteiger partial charge on any atom is -0.317 e. The highest BCUT2D eigenvalue weighted by atomic mass is 35.5. The summed E-state index contributed by atoms with van der Waals surface area (Å²) in [6, 6.07) is 7.89. The molecule has 1 fully saturated rings. The molecule has 1 aromatic carbocycles. The fraction of sp³-hybridized carbons (Fsp3) is 0.562. The second-order valence-corrected chi connectivity index (χ2v) is 6.65. The van der Waals surface area contributed by atoms with Gasteiger partial charge in [0.15, 0.2) is 0 Å². The summed E-state index contributed by atoms with van der Waals surface area (Å²) in [7, 11) is 4.08. The topological polar surface area (TPSA) is 35.6 Å². The van der Waals surface area contributed by atoms with E-state index in [-0.39, 0.29) is 18.1 Å². The number of nitrogens with one attached hydrogen (secondary N) is 1. The molecule has 5 heteroatoms. The van der Waals surface area contributed by atoms with Gasteiger partial charge in [0, 0.05) is 17.6 Å². The first-order valence-electron chi connectivity index (χ1n) is 7.35. The van der Waals surface area contributed by atoms with Crippen LogP contribution in [0.3, 0.4) is 0 Å². The van der Waals surface area contributed by atoms with Crippen molar-refractivity contribution >= 4 is 17.5 Å². The minimum absolute atomic E-state index is 0.0675. The van der Waals surface area contributed by atoms with Crippen molar-refractivity contribution in [2.24, 2.45) is 5.92 Å². The molecule has 4 nitrogen and oxygen atoms in total. The average Bonchev–Trinajstić information content (AvgIpc) is 2.78. The summed E-state index contributed by atoms with van der Waals surface area (Å²) >= 11 is 5.96. The summed E-state index contributed by atoms with van der Waals surface area (Å²) in [6.07, 6.45) is -0.0675. The van der Waals surface area contributed by atoms with Gasteiger partial charge < -0.3 is 9.80 Å². The Bertz CT molecular complexity index is 487. The predicted octanol–water partition coefficient (Wildman–Crippen LogP) is 2.36. The van der Waals surface area contributed by atoms with Gasteiger partial charge in [-0.2, -0.15) is 0 Å². The molecular weight excluding hydrogens is 286 g/mol. The second-order valence-electron chi connectivity index (χ2n) is 6.21. The highest BCUT2D eigenvalue weighted by molar-refractivity contribution is 6.30. The van der Waals surface area contributed by atoms with E-state index >= 15 is 0 Å². The SMILES string of the molecule is CC(C)C(CN(C)C)N1C(=O)CNC1c1ccc(Cl)cc1. The number of hydrogen-bond donors (Lipinski definition) is 1. The van der Waals surface area contributed by atoms with Gasteiger partial charge in [-0.1, -0.05) is 37.6 Å². The monoisotopic (exact) mass is 309 g/mol. The molecule has 1 amide bonds. The van der Waals surface area contributed by atoms with Crippen molar-refractivity contribution in [1.82, 2.24) is 15.1 Å². The third kappa shape index (κ3) is 3.76. The Kier molecular flexibility index (Phi) is 5.25. The third-order valence-corrected chi connectivity index (χ3v) is 4.13. The number of nitrogens with zero attached hydrogens (tertiary/aromatic N) is 2. The van der Waals surface area contributed by atoms with Crippen LogP contribution in [0.4, 0.5) is 0 Å². The lowest BCUT2D eigenvalue weighted by molar-refractivity contribution is -0.131. The molecule has 0 bridgehead atoms. The maximum atomic E-state index is 12.4. The normalized spacial score (nSPS) is 20.6. The van der Waals surface area contributed by atoms with Crippen molar-refractivity contribution in [3.05, 3.63) is 34.9 Å². The maximum Gasteiger partial charge on any atom is 0.238 e. The van der Waals surface area contributed by atoms with Crippen molar-refractivity contribution in [3.63, 3.8) is 0 Å². The molecule has 2 unspecified atom stereocenters. The summed E-state index contributed by atoms with van der Waals surface area (Å²) in [6.45, 7) is 5.58. The van der Waals surface area contributed by atoms with E-state index in [4.69, 9.17) is 11.6 Å². The molecule has 0 radical (unpaired) electrons. The van der Waals surface area contributed by atoms with Gasteiger partial charge in [-0.3, -0.25) is 10.1 Å².